The Morgan fingerprint density at radius 2 is 2.00 bits per heavy atom. The molecule has 0 aliphatic heterocycles. The molecule has 4 nitrogen and oxygen atoms in total. The van der Waals surface area contributed by atoms with Crippen molar-refractivity contribution in [1.29, 1.82) is 0 Å². The quantitative estimate of drug-likeness (QED) is 0.770. The minimum Gasteiger partial charge on any atom is -0.450 e. The first-order valence-electron chi connectivity index (χ1n) is 6.76. The Morgan fingerprint density at radius 3 is 2.53 bits per heavy atom. The highest BCUT2D eigenvalue weighted by molar-refractivity contribution is 5.68. The molecule has 2 unspecified atom stereocenters. The molecule has 96 valence electrons. The Hall–Kier alpha value is -0.770. The van der Waals surface area contributed by atoms with Crippen molar-refractivity contribution < 1.29 is 9.53 Å². The van der Waals surface area contributed by atoms with Crippen LogP contribution in [0.5, 0.6) is 0 Å². The van der Waals surface area contributed by atoms with Gasteiger partial charge in [-0.25, -0.2) is 4.79 Å². The highest BCUT2D eigenvalue weighted by Gasteiger charge is 2.56. The number of carbonyl (C=O) groups is 1. The first-order valence-corrected chi connectivity index (χ1v) is 6.76. The third-order valence-electron chi connectivity index (χ3n) is 4.75. The first kappa shape index (κ1) is 11.3. The fraction of sp³-hybridized carbons (Fsp3) is 0.923. The molecule has 0 aromatic rings. The molecule has 3 N–H and O–H groups in total. The number of rotatable bonds is 2. The van der Waals surface area contributed by atoms with Gasteiger partial charge < -0.3 is 15.8 Å². The molecule has 17 heavy (non-hydrogen) atoms. The molecule has 4 bridgehead atoms. The molecule has 0 spiro atoms. The van der Waals surface area contributed by atoms with Gasteiger partial charge in [0.2, 0.25) is 0 Å². The van der Waals surface area contributed by atoms with Crippen LogP contribution in [0.15, 0.2) is 0 Å². The summed E-state index contributed by atoms with van der Waals surface area (Å²) in [5.41, 5.74) is 6.37. The van der Waals surface area contributed by atoms with Gasteiger partial charge in [0.25, 0.3) is 0 Å². The minimum absolute atomic E-state index is 0.0242. The maximum absolute atomic E-state index is 11.7. The second-order valence-electron chi connectivity index (χ2n) is 6.45. The number of ether oxygens (including phenoxy) is 1. The molecule has 0 saturated heterocycles. The number of hydrogen-bond donors (Lipinski definition) is 2. The van der Waals surface area contributed by atoms with Crippen molar-refractivity contribution in [3.8, 4) is 0 Å². The molecule has 2 atom stereocenters. The van der Waals surface area contributed by atoms with Crippen molar-refractivity contribution in [2.75, 3.05) is 6.61 Å². The molecule has 4 aliphatic rings. The van der Waals surface area contributed by atoms with Gasteiger partial charge in [-0.3, -0.25) is 0 Å². The van der Waals surface area contributed by atoms with E-state index >= 15 is 0 Å². The lowest BCUT2D eigenvalue weighted by molar-refractivity contribution is -0.0341. The van der Waals surface area contributed by atoms with E-state index in [0.717, 1.165) is 32.1 Å². The molecule has 4 rings (SSSR count). The van der Waals surface area contributed by atoms with Crippen LogP contribution in [0, 0.1) is 11.8 Å². The van der Waals surface area contributed by atoms with E-state index in [1.165, 1.54) is 6.42 Å². The van der Waals surface area contributed by atoms with E-state index in [2.05, 4.69) is 5.32 Å². The number of nitrogens with two attached hydrogens (primary N) is 1. The molecule has 1 amide bonds. The second kappa shape index (κ2) is 3.61. The maximum atomic E-state index is 11.7. The number of hydrogen-bond acceptors (Lipinski definition) is 3. The zero-order valence-corrected chi connectivity index (χ0v) is 10.5. The molecule has 0 aromatic carbocycles. The summed E-state index contributed by atoms with van der Waals surface area (Å²) in [6, 6.07) is 0. The number of nitrogens with one attached hydrogen (secondary N) is 1. The van der Waals surface area contributed by atoms with Crippen LogP contribution in [0.3, 0.4) is 0 Å². The highest BCUT2D eigenvalue weighted by Crippen LogP contribution is 2.56. The van der Waals surface area contributed by atoms with Crippen LogP contribution >= 0.6 is 0 Å². The molecule has 4 saturated carbocycles. The van der Waals surface area contributed by atoms with Crippen LogP contribution in [0.1, 0.15) is 45.4 Å². The van der Waals surface area contributed by atoms with Crippen LogP contribution < -0.4 is 11.1 Å². The third-order valence-corrected chi connectivity index (χ3v) is 4.75. The van der Waals surface area contributed by atoms with Crippen molar-refractivity contribution in [3.05, 3.63) is 0 Å². The maximum Gasteiger partial charge on any atom is 0.407 e. The van der Waals surface area contributed by atoms with Gasteiger partial charge in [-0.05, 0) is 57.3 Å². The van der Waals surface area contributed by atoms with Crippen LogP contribution in [0.25, 0.3) is 0 Å². The van der Waals surface area contributed by atoms with Gasteiger partial charge in [-0.15, -0.1) is 0 Å². The summed E-state index contributed by atoms with van der Waals surface area (Å²) < 4.78 is 5.02. The van der Waals surface area contributed by atoms with Gasteiger partial charge in [0.15, 0.2) is 0 Å². The van der Waals surface area contributed by atoms with Crippen molar-refractivity contribution >= 4 is 6.09 Å². The lowest BCUT2D eigenvalue weighted by Gasteiger charge is -2.60. The van der Waals surface area contributed by atoms with Crippen LogP contribution in [-0.2, 0) is 4.74 Å². The Morgan fingerprint density at radius 1 is 1.35 bits per heavy atom. The summed E-state index contributed by atoms with van der Waals surface area (Å²) in [5.74, 6) is 1.42. The van der Waals surface area contributed by atoms with E-state index in [0.29, 0.717) is 18.4 Å². The predicted molar refractivity (Wildman–Crippen MR) is 64.5 cm³/mol. The van der Waals surface area contributed by atoms with Crippen LogP contribution in [0.4, 0.5) is 4.79 Å². The molecular weight excluding hydrogens is 216 g/mol. The zero-order valence-electron chi connectivity index (χ0n) is 10.5. The molecular formula is C13H22N2O2. The number of alkyl carbamates (subject to hydrolysis) is 1. The second-order valence-corrected chi connectivity index (χ2v) is 6.45. The average molecular weight is 238 g/mol. The van der Waals surface area contributed by atoms with Gasteiger partial charge in [-0.1, -0.05) is 0 Å². The van der Waals surface area contributed by atoms with Gasteiger partial charge in [-0.2, -0.15) is 0 Å². The smallest absolute Gasteiger partial charge is 0.407 e. The third kappa shape index (κ3) is 1.92. The highest BCUT2D eigenvalue weighted by atomic mass is 16.5. The normalized spacial score (nSPS) is 46.9. The molecule has 4 aliphatic carbocycles. The van der Waals surface area contributed by atoms with E-state index in [4.69, 9.17) is 10.5 Å². The Labute approximate surface area is 102 Å². The van der Waals surface area contributed by atoms with E-state index in [-0.39, 0.29) is 17.2 Å². The zero-order chi connectivity index (χ0) is 12.1. The molecule has 4 heteroatoms. The van der Waals surface area contributed by atoms with Crippen molar-refractivity contribution in [2.45, 2.75) is 56.5 Å². The van der Waals surface area contributed by atoms with E-state index in [9.17, 15) is 4.79 Å². The van der Waals surface area contributed by atoms with E-state index in [1.54, 1.807) is 0 Å². The summed E-state index contributed by atoms with van der Waals surface area (Å²) in [7, 11) is 0. The largest absolute Gasteiger partial charge is 0.450 e. The average Bonchev–Trinajstić information content (AvgIpc) is 2.11. The fourth-order valence-electron chi connectivity index (χ4n) is 4.86. The van der Waals surface area contributed by atoms with Crippen LogP contribution in [0.2, 0.25) is 0 Å². The van der Waals surface area contributed by atoms with Crippen molar-refractivity contribution in [2.24, 2.45) is 17.6 Å². The summed E-state index contributed by atoms with van der Waals surface area (Å²) in [5, 5.41) is 3.11. The molecule has 0 aromatic heterocycles. The number of carbonyl (C=O) groups excluding carboxylic acids is 1. The predicted octanol–water partition coefficient (Wildman–Crippen LogP) is 1.78. The summed E-state index contributed by atoms with van der Waals surface area (Å²) in [4.78, 5) is 11.7. The van der Waals surface area contributed by atoms with E-state index in [1.807, 2.05) is 6.92 Å². The first-order chi connectivity index (χ1) is 8.03. The topological polar surface area (TPSA) is 64.3 Å². The fourth-order valence-corrected chi connectivity index (χ4v) is 4.86. The van der Waals surface area contributed by atoms with Gasteiger partial charge in [0, 0.05) is 11.1 Å². The van der Waals surface area contributed by atoms with Crippen molar-refractivity contribution in [1.82, 2.24) is 5.32 Å². The Bertz CT molecular complexity index is 328. The SMILES string of the molecule is CCOC(=O)NC12CC3CC(CC(N)(C3)C1)C2. The number of amides is 1. The summed E-state index contributed by atoms with van der Waals surface area (Å²) in [6.45, 7) is 2.27. The lowest BCUT2D eigenvalue weighted by atomic mass is 9.50. The minimum atomic E-state index is -0.266. The molecule has 0 heterocycles. The van der Waals surface area contributed by atoms with Gasteiger partial charge in [0.1, 0.15) is 0 Å². The van der Waals surface area contributed by atoms with Gasteiger partial charge in [0.05, 0.1) is 6.61 Å². The lowest BCUT2D eigenvalue weighted by Crippen LogP contribution is -2.68. The standard InChI is InChI=1S/C13H22N2O2/c1-2-17-11(16)15-13-6-9-3-10(7-13)5-12(14,4-9)8-13/h9-10H,2-8,14H2,1H3,(H,15,16). The summed E-state index contributed by atoms with van der Waals surface area (Å²) in [6.07, 6.45) is 6.48. The monoisotopic (exact) mass is 238 g/mol. The Balaban J connectivity index is 1.76. The molecule has 0 radical (unpaired) electrons. The Kier molecular flexibility index (Phi) is 2.41. The van der Waals surface area contributed by atoms with Crippen molar-refractivity contribution in [3.63, 3.8) is 0 Å². The summed E-state index contributed by atoms with van der Waals surface area (Å²) >= 11 is 0. The molecule has 4 fully saturated rings. The van der Waals surface area contributed by atoms with Gasteiger partial charge >= 0.3 is 6.09 Å². The van der Waals surface area contributed by atoms with Crippen LogP contribution in [-0.4, -0.2) is 23.8 Å². The van der Waals surface area contributed by atoms with E-state index < -0.39 is 0 Å².